The van der Waals surface area contributed by atoms with Gasteiger partial charge in [0.15, 0.2) is 0 Å². The van der Waals surface area contributed by atoms with Gasteiger partial charge in [0, 0.05) is 82.4 Å². The van der Waals surface area contributed by atoms with Crippen LogP contribution in [-0.2, 0) is 65.4 Å². The van der Waals surface area contributed by atoms with Gasteiger partial charge in [0.25, 0.3) is 0 Å². The van der Waals surface area contributed by atoms with Gasteiger partial charge in [-0.3, -0.25) is 4.98 Å². The summed E-state index contributed by atoms with van der Waals surface area (Å²) in [5.74, 6) is 0. The summed E-state index contributed by atoms with van der Waals surface area (Å²) in [6.07, 6.45) is 0. The van der Waals surface area contributed by atoms with Gasteiger partial charge >= 0.3 is 7.12 Å². The number of halogens is 1. The summed E-state index contributed by atoms with van der Waals surface area (Å²) in [5.41, 5.74) is 17.6. The number of rotatable bonds is 2. The fraction of sp³-hybridized carbons (Fsp3) is 0.353. The zero-order chi connectivity index (χ0) is 30.5. The van der Waals surface area contributed by atoms with E-state index in [2.05, 4.69) is 101 Å². The van der Waals surface area contributed by atoms with E-state index in [-0.39, 0.29) is 65.4 Å². The molecule has 0 aliphatic carbocycles. The zero-order valence-corrected chi connectivity index (χ0v) is 34.6. The van der Waals surface area contributed by atoms with E-state index in [9.17, 15) is 0 Å². The van der Waals surface area contributed by atoms with Crippen LogP contribution in [0.25, 0.3) is 11.3 Å². The predicted molar refractivity (Wildman–Crippen MR) is 175 cm³/mol. The molecule has 4 nitrogen and oxygen atoms in total. The summed E-state index contributed by atoms with van der Waals surface area (Å²) in [6.45, 7) is 25.0. The molecule has 2 heterocycles. The van der Waals surface area contributed by atoms with Crippen molar-refractivity contribution in [2.45, 2.75) is 83.1 Å². The fourth-order valence-corrected chi connectivity index (χ4v) is 4.94. The van der Waals surface area contributed by atoms with E-state index in [4.69, 9.17) is 15.0 Å². The molecule has 0 amide bonds. The Morgan fingerprint density at radius 2 is 1.00 bits per heavy atom. The van der Waals surface area contributed by atoms with Crippen molar-refractivity contribution < 1.29 is 75.5 Å². The van der Waals surface area contributed by atoms with Crippen molar-refractivity contribution in [3.63, 3.8) is 0 Å². The first kappa shape index (κ1) is 41.4. The minimum atomic E-state index is -1.35. The van der Waals surface area contributed by atoms with E-state index >= 15 is 0 Å². The van der Waals surface area contributed by atoms with Crippen LogP contribution in [0.3, 0.4) is 0 Å². The third-order valence-electron chi connectivity index (χ3n) is 7.91. The smallest absolute Gasteiger partial charge is 0.423 e. The molecule has 42 heavy (non-hydrogen) atoms. The Morgan fingerprint density at radius 3 is 1.50 bits per heavy atom. The van der Waals surface area contributed by atoms with Gasteiger partial charge < -0.3 is 10.0 Å². The van der Waals surface area contributed by atoms with E-state index in [1.54, 1.807) is 6.07 Å². The van der Waals surface area contributed by atoms with Crippen molar-refractivity contribution >= 4 is 28.5 Å². The van der Waals surface area contributed by atoms with Crippen LogP contribution in [0.1, 0.15) is 67.0 Å². The van der Waals surface area contributed by atoms with E-state index in [0.717, 1.165) is 32.8 Å². The van der Waals surface area contributed by atoms with Crippen LogP contribution in [0.15, 0.2) is 41.0 Å². The maximum atomic E-state index is 8.88. The van der Waals surface area contributed by atoms with E-state index < -0.39 is 7.12 Å². The van der Waals surface area contributed by atoms with Gasteiger partial charge in [-0.05, 0) is 149 Å². The molecule has 4 aromatic rings. The molecule has 2 aromatic carbocycles. The van der Waals surface area contributed by atoms with E-state index in [0.29, 0.717) is 5.46 Å². The van der Waals surface area contributed by atoms with Gasteiger partial charge in [0.05, 0.1) is 5.69 Å². The molecule has 0 saturated carbocycles. The first-order valence-corrected chi connectivity index (χ1v) is 14.4. The predicted octanol–water partition coefficient (Wildman–Crippen LogP) is 7.66. The first-order valence-electron chi connectivity index (χ1n) is 13.6. The van der Waals surface area contributed by atoms with E-state index in [1.807, 2.05) is 32.9 Å². The number of hydrogen-bond acceptors (Lipinski definition) is 4. The van der Waals surface area contributed by atoms with Crippen molar-refractivity contribution in [3.05, 3.63) is 108 Å². The standard InChI is InChI=1S/C17H21N.C9H12BrN.C8H11BO2.2Y/c1-10-7-8-11(2)16(9-10)17-14(5)12(3)13(4)15(6)18-17;1-5-6(2)8(4)11-9(10)7(5)3;1-6-3-4-7(2)8(5-6)9(10)11;;/h7-9H,1-6H3;1-4H3;3-5,10-11H,1-2H3;;. The number of aryl methyl sites for hydroxylation is 6. The molecule has 0 aliphatic heterocycles. The molecule has 0 bridgehead atoms. The Balaban J connectivity index is 0.000000616. The molecule has 2 aromatic heterocycles. The summed E-state index contributed by atoms with van der Waals surface area (Å²) < 4.78 is 0.970. The minimum Gasteiger partial charge on any atom is -0.423 e. The summed E-state index contributed by atoms with van der Waals surface area (Å²) in [5, 5.41) is 17.8. The largest absolute Gasteiger partial charge is 0.488 e. The van der Waals surface area contributed by atoms with Crippen LogP contribution >= 0.6 is 15.9 Å². The van der Waals surface area contributed by atoms with Gasteiger partial charge in [-0.1, -0.05) is 47.0 Å². The molecule has 0 unspecified atom stereocenters. The number of benzene rings is 2. The van der Waals surface area contributed by atoms with Crippen molar-refractivity contribution in [2.24, 2.45) is 0 Å². The number of hydrogen-bond donors (Lipinski definition) is 2. The molecule has 0 fully saturated rings. The number of nitrogens with zero attached hydrogens (tertiary/aromatic N) is 2. The van der Waals surface area contributed by atoms with Crippen molar-refractivity contribution in [3.8, 4) is 11.3 Å². The molecule has 2 radical (unpaired) electrons. The second-order valence-electron chi connectivity index (χ2n) is 10.8. The Kier molecular flexibility index (Phi) is 18.1. The average molecular weight is 781 g/mol. The molecule has 4 rings (SSSR count). The topological polar surface area (TPSA) is 66.2 Å². The summed E-state index contributed by atoms with van der Waals surface area (Å²) in [4.78, 5) is 9.16. The van der Waals surface area contributed by atoms with Crippen LogP contribution in [0.4, 0.5) is 0 Å². The van der Waals surface area contributed by atoms with Crippen LogP contribution in [0.2, 0.25) is 0 Å². The van der Waals surface area contributed by atoms with Crippen LogP contribution in [0.5, 0.6) is 0 Å². The van der Waals surface area contributed by atoms with Crippen molar-refractivity contribution in [1.82, 2.24) is 9.97 Å². The van der Waals surface area contributed by atoms with Crippen LogP contribution < -0.4 is 5.46 Å². The molecule has 0 aliphatic rings. The van der Waals surface area contributed by atoms with Crippen molar-refractivity contribution in [1.29, 1.82) is 0 Å². The SMILES string of the molecule is Cc1ccc(C)c(-c2nc(C)c(C)c(C)c2C)c1.Cc1ccc(C)c(B(O)O)c1.Cc1nc(Br)c(C)c(C)c1C.[Y].[Y]. The molecule has 0 saturated heterocycles. The van der Waals surface area contributed by atoms with Gasteiger partial charge in [-0.2, -0.15) is 0 Å². The molecular formula is C34H44BBrN2O2Y2. The summed E-state index contributed by atoms with van der Waals surface area (Å²) in [6, 6.07) is 12.2. The Morgan fingerprint density at radius 1 is 0.548 bits per heavy atom. The second kappa shape index (κ2) is 18.4. The molecule has 218 valence electrons. The maximum Gasteiger partial charge on any atom is 0.488 e. The van der Waals surface area contributed by atoms with E-state index in [1.165, 1.54) is 50.1 Å². The molecule has 2 N–H and O–H groups in total. The summed E-state index contributed by atoms with van der Waals surface area (Å²) in [7, 11) is -1.35. The summed E-state index contributed by atoms with van der Waals surface area (Å²) >= 11 is 3.42. The Bertz CT molecular complexity index is 1500. The molecule has 0 atom stereocenters. The number of pyridine rings is 2. The third-order valence-corrected chi connectivity index (χ3v) is 8.68. The quantitative estimate of drug-likeness (QED) is 0.162. The van der Waals surface area contributed by atoms with Gasteiger partial charge in [0.1, 0.15) is 4.60 Å². The molecule has 0 spiro atoms. The molecule has 8 heteroatoms. The monoisotopic (exact) mass is 780 g/mol. The first-order chi connectivity index (χ1) is 18.6. The van der Waals surface area contributed by atoms with Gasteiger partial charge in [-0.25, -0.2) is 4.98 Å². The number of aromatic nitrogens is 2. The van der Waals surface area contributed by atoms with Gasteiger partial charge in [0.2, 0.25) is 0 Å². The normalized spacial score (nSPS) is 9.88. The Labute approximate surface area is 313 Å². The fourth-order valence-electron chi connectivity index (χ4n) is 4.38. The van der Waals surface area contributed by atoms with Gasteiger partial charge in [-0.15, -0.1) is 0 Å². The second-order valence-corrected chi connectivity index (χ2v) is 11.6. The maximum absolute atomic E-state index is 8.88. The Hall–Kier alpha value is -0.587. The van der Waals surface area contributed by atoms with Crippen molar-refractivity contribution in [2.75, 3.05) is 0 Å². The minimum absolute atomic E-state index is 0. The molecular weight excluding hydrogens is 737 g/mol. The zero-order valence-electron chi connectivity index (χ0n) is 27.4. The van der Waals surface area contributed by atoms with Crippen LogP contribution in [-0.4, -0.2) is 27.1 Å². The third kappa shape index (κ3) is 10.8. The average Bonchev–Trinajstić information content (AvgIpc) is 2.90. The van der Waals surface area contributed by atoms with Crippen LogP contribution in [0, 0.1) is 83.1 Å².